The maximum absolute atomic E-state index is 11.6. The van der Waals surface area contributed by atoms with E-state index in [1.165, 1.54) is 5.56 Å². The number of pyridine rings is 1. The average Bonchev–Trinajstić information content (AvgIpc) is 2.53. The molecule has 1 aromatic heterocycles. The van der Waals surface area contributed by atoms with E-state index >= 15 is 0 Å². The molecule has 4 heteroatoms. The second-order valence-electron chi connectivity index (χ2n) is 5.25. The molecule has 1 aromatic carbocycles. The number of benzene rings is 1. The number of carbonyl (C=O) groups excluding carboxylic acids is 1. The van der Waals surface area contributed by atoms with Gasteiger partial charge in [0, 0.05) is 32.5 Å². The summed E-state index contributed by atoms with van der Waals surface area (Å²) in [5, 5.41) is 3.24. The smallest absolute Gasteiger partial charge is 0.236 e. The van der Waals surface area contributed by atoms with Crippen molar-refractivity contribution < 1.29 is 4.79 Å². The summed E-state index contributed by atoms with van der Waals surface area (Å²) in [6.07, 6.45) is 3.58. The highest BCUT2D eigenvalue weighted by atomic mass is 16.2. The van der Waals surface area contributed by atoms with Crippen LogP contribution in [0.5, 0.6) is 0 Å². The van der Waals surface area contributed by atoms with Crippen LogP contribution in [-0.4, -0.2) is 36.4 Å². The Morgan fingerprint density at radius 2 is 1.67 bits per heavy atom. The van der Waals surface area contributed by atoms with Crippen molar-refractivity contribution in [2.45, 2.75) is 13.0 Å². The molecule has 21 heavy (non-hydrogen) atoms. The Balaban J connectivity index is 2.00. The Hall–Kier alpha value is -2.20. The van der Waals surface area contributed by atoms with Crippen molar-refractivity contribution in [3.63, 3.8) is 0 Å². The van der Waals surface area contributed by atoms with Crippen LogP contribution in [0, 0.1) is 0 Å². The zero-order valence-corrected chi connectivity index (χ0v) is 12.7. The summed E-state index contributed by atoms with van der Waals surface area (Å²) in [5.41, 5.74) is 3.48. The second kappa shape index (κ2) is 6.99. The minimum absolute atomic E-state index is 0.0789. The fraction of sp³-hybridized carbons (Fsp3) is 0.294. The third-order valence-electron chi connectivity index (χ3n) is 3.48. The van der Waals surface area contributed by atoms with Crippen LogP contribution >= 0.6 is 0 Å². The zero-order chi connectivity index (χ0) is 15.2. The Bertz CT molecular complexity index is 579. The van der Waals surface area contributed by atoms with Gasteiger partial charge in [0.2, 0.25) is 5.91 Å². The average molecular weight is 283 g/mol. The number of rotatable bonds is 5. The predicted molar refractivity (Wildman–Crippen MR) is 84.8 cm³/mol. The Labute approximate surface area is 125 Å². The zero-order valence-electron chi connectivity index (χ0n) is 12.7. The molecule has 0 radical (unpaired) electrons. The molecule has 2 aromatic rings. The summed E-state index contributed by atoms with van der Waals surface area (Å²) in [6.45, 7) is 2.41. The molecule has 0 fully saturated rings. The van der Waals surface area contributed by atoms with Gasteiger partial charge in [0.1, 0.15) is 0 Å². The van der Waals surface area contributed by atoms with Crippen molar-refractivity contribution in [1.29, 1.82) is 0 Å². The van der Waals surface area contributed by atoms with E-state index in [4.69, 9.17) is 0 Å². The number of carbonyl (C=O) groups is 1. The summed E-state index contributed by atoms with van der Waals surface area (Å²) >= 11 is 0. The number of nitrogens with one attached hydrogen (secondary N) is 1. The lowest BCUT2D eigenvalue weighted by atomic mass is 10.0. The monoisotopic (exact) mass is 283 g/mol. The quantitative estimate of drug-likeness (QED) is 0.917. The molecule has 2 rings (SSSR count). The van der Waals surface area contributed by atoms with Crippen LogP contribution < -0.4 is 5.32 Å². The topological polar surface area (TPSA) is 45.2 Å². The van der Waals surface area contributed by atoms with E-state index in [0.717, 1.165) is 11.1 Å². The number of aromatic nitrogens is 1. The summed E-state index contributed by atoms with van der Waals surface area (Å²) in [7, 11) is 3.52. The minimum atomic E-state index is 0.0789. The van der Waals surface area contributed by atoms with Gasteiger partial charge in [-0.2, -0.15) is 0 Å². The van der Waals surface area contributed by atoms with E-state index in [0.29, 0.717) is 6.54 Å². The van der Waals surface area contributed by atoms with E-state index in [-0.39, 0.29) is 11.9 Å². The minimum Gasteiger partial charge on any atom is -0.348 e. The van der Waals surface area contributed by atoms with E-state index < -0.39 is 0 Å². The first-order chi connectivity index (χ1) is 10.1. The number of amides is 1. The van der Waals surface area contributed by atoms with Crippen LogP contribution in [0.25, 0.3) is 11.1 Å². The maximum atomic E-state index is 11.6. The van der Waals surface area contributed by atoms with Gasteiger partial charge in [-0.15, -0.1) is 0 Å². The van der Waals surface area contributed by atoms with Gasteiger partial charge < -0.3 is 10.2 Å². The molecule has 0 bridgehead atoms. The molecule has 1 N–H and O–H groups in total. The normalized spacial score (nSPS) is 12.0. The summed E-state index contributed by atoms with van der Waals surface area (Å²) < 4.78 is 0. The van der Waals surface area contributed by atoms with Crippen molar-refractivity contribution >= 4 is 5.91 Å². The molecule has 0 spiro atoms. The van der Waals surface area contributed by atoms with Gasteiger partial charge in [-0.05, 0) is 35.7 Å². The van der Waals surface area contributed by atoms with E-state index in [1.807, 2.05) is 12.1 Å². The summed E-state index contributed by atoms with van der Waals surface area (Å²) in [4.78, 5) is 17.2. The maximum Gasteiger partial charge on any atom is 0.236 e. The van der Waals surface area contributed by atoms with Gasteiger partial charge in [0.25, 0.3) is 0 Å². The largest absolute Gasteiger partial charge is 0.348 e. The van der Waals surface area contributed by atoms with Crippen molar-refractivity contribution in [1.82, 2.24) is 15.2 Å². The van der Waals surface area contributed by atoms with E-state index in [2.05, 4.69) is 41.5 Å². The van der Waals surface area contributed by atoms with Crippen LogP contribution in [0.4, 0.5) is 0 Å². The lowest BCUT2D eigenvalue weighted by Gasteiger charge is -2.16. The van der Waals surface area contributed by atoms with Gasteiger partial charge in [-0.3, -0.25) is 9.78 Å². The molecule has 0 aliphatic heterocycles. The first-order valence-corrected chi connectivity index (χ1v) is 7.02. The highest BCUT2D eigenvalue weighted by molar-refractivity contribution is 5.77. The third-order valence-corrected chi connectivity index (χ3v) is 3.48. The lowest BCUT2D eigenvalue weighted by molar-refractivity contribution is -0.127. The molecule has 1 amide bonds. The number of nitrogens with zero attached hydrogens (tertiary/aromatic N) is 2. The Morgan fingerprint density at radius 3 is 2.24 bits per heavy atom. The highest BCUT2D eigenvalue weighted by Gasteiger charge is 2.09. The fourth-order valence-electron chi connectivity index (χ4n) is 2.02. The molecule has 0 aliphatic carbocycles. The van der Waals surface area contributed by atoms with Crippen LogP contribution in [-0.2, 0) is 4.79 Å². The van der Waals surface area contributed by atoms with Gasteiger partial charge in [-0.25, -0.2) is 0 Å². The summed E-state index contributed by atoms with van der Waals surface area (Å²) in [6, 6.07) is 12.5. The Morgan fingerprint density at radius 1 is 1.10 bits per heavy atom. The SMILES string of the molecule is C[C@@H](NCC(=O)N(C)C)c1ccc(-c2ccncc2)cc1. The molecule has 110 valence electrons. The van der Waals surface area contributed by atoms with Gasteiger partial charge in [0.05, 0.1) is 6.54 Å². The van der Waals surface area contributed by atoms with Gasteiger partial charge >= 0.3 is 0 Å². The predicted octanol–water partition coefficient (Wildman–Crippen LogP) is 2.49. The van der Waals surface area contributed by atoms with Crippen molar-refractivity contribution in [3.8, 4) is 11.1 Å². The molecule has 1 atom stereocenters. The summed E-state index contributed by atoms with van der Waals surface area (Å²) in [5.74, 6) is 0.0789. The van der Waals surface area contributed by atoms with Crippen LogP contribution in [0.3, 0.4) is 0 Å². The number of hydrogen-bond acceptors (Lipinski definition) is 3. The van der Waals surface area contributed by atoms with Gasteiger partial charge in [0.15, 0.2) is 0 Å². The highest BCUT2D eigenvalue weighted by Crippen LogP contribution is 2.21. The van der Waals surface area contributed by atoms with Gasteiger partial charge in [-0.1, -0.05) is 24.3 Å². The first-order valence-electron chi connectivity index (χ1n) is 7.02. The molecular weight excluding hydrogens is 262 g/mol. The lowest BCUT2D eigenvalue weighted by Crippen LogP contribution is -2.34. The molecule has 1 heterocycles. The Kier molecular flexibility index (Phi) is 5.06. The van der Waals surface area contributed by atoms with Crippen molar-refractivity contribution in [2.75, 3.05) is 20.6 Å². The first kappa shape index (κ1) is 15.2. The molecule has 0 saturated carbocycles. The standard InChI is InChI=1S/C17H21N3O/c1-13(19-12-17(21)20(2)3)14-4-6-15(7-5-14)16-8-10-18-11-9-16/h4-11,13,19H,12H2,1-3H3/t13-/m1/s1. The number of likely N-dealkylation sites (N-methyl/N-ethyl adjacent to an activating group) is 1. The second-order valence-corrected chi connectivity index (χ2v) is 5.25. The molecule has 0 unspecified atom stereocenters. The van der Waals surface area contributed by atoms with E-state index in [1.54, 1.807) is 31.4 Å². The van der Waals surface area contributed by atoms with Crippen LogP contribution in [0.15, 0.2) is 48.8 Å². The third kappa shape index (κ3) is 4.13. The molecular formula is C17H21N3O. The molecule has 4 nitrogen and oxygen atoms in total. The number of hydrogen-bond donors (Lipinski definition) is 1. The van der Waals surface area contributed by atoms with Crippen molar-refractivity contribution in [3.05, 3.63) is 54.4 Å². The van der Waals surface area contributed by atoms with Crippen LogP contribution in [0.1, 0.15) is 18.5 Å². The van der Waals surface area contributed by atoms with E-state index in [9.17, 15) is 4.79 Å². The van der Waals surface area contributed by atoms with Crippen LogP contribution in [0.2, 0.25) is 0 Å². The molecule has 0 aliphatic rings. The molecule has 0 saturated heterocycles. The van der Waals surface area contributed by atoms with Crippen molar-refractivity contribution in [2.24, 2.45) is 0 Å². The fourth-order valence-corrected chi connectivity index (χ4v) is 2.02.